The Morgan fingerprint density at radius 3 is 2.67 bits per heavy atom. The Hall–Kier alpha value is -1.16. The fourth-order valence-electron chi connectivity index (χ4n) is 4.59. The van der Waals surface area contributed by atoms with Gasteiger partial charge in [-0.05, 0) is 61.1 Å². The third-order valence-corrected chi connectivity index (χ3v) is 7.01. The molecule has 2 aliphatic rings. The largest absolute Gasteiger partial charge is 0.379 e. The van der Waals surface area contributed by atoms with Gasteiger partial charge in [0.1, 0.15) is 5.60 Å². The van der Waals surface area contributed by atoms with Gasteiger partial charge in [-0.15, -0.1) is 11.3 Å². The molecule has 1 saturated carbocycles. The average Bonchev–Trinajstić information content (AvgIpc) is 3.25. The summed E-state index contributed by atoms with van der Waals surface area (Å²) in [5.41, 5.74) is 0.157. The first-order valence-electron chi connectivity index (χ1n) is 9.28. The maximum absolute atomic E-state index is 11.6. The first-order valence-corrected chi connectivity index (χ1v) is 10.2. The molecule has 24 heavy (non-hydrogen) atoms. The van der Waals surface area contributed by atoms with E-state index in [1.54, 1.807) is 11.3 Å². The van der Waals surface area contributed by atoms with Crippen LogP contribution in [0.15, 0.2) is 47.8 Å². The molecule has 128 valence electrons. The van der Waals surface area contributed by atoms with Gasteiger partial charge in [0.25, 0.3) is 0 Å². The average molecular weight is 342 g/mol. The summed E-state index contributed by atoms with van der Waals surface area (Å²) >= 11 is 1.66. The molecule has 2 fully saturated rings. The van der Waals surface area contributed by atoms with E-state index in [4.69, 9.17) is 0 Å². The van der Waals surface area contributed by atoms with Gasteiger partial charge < -0.3 is 10.0 Å². The molecule has 3 atom stereocenters. The van der Waals surface area contributed by atoms with Crippen LogP contribution in [0.2, 0.25) is 0 Å². The van der Waals surface area contributed by atoms with Gasteiger partial charge in [-0.25, -0.2) is 0 Å². The summed E-state index contributed by atoms with van der Waals surface area (Å²) in [6, 6.07) is 14.3. The van der Waals surface area contributed by atoms with Crippen LogP contribution < -0.4 is 0 Å². The maximum atomic E-state index is 11.6. The van der Waals surface area contributed by atoms with Crippen LogP contribution in [0.5, 0.6) is 0 Å². The van der Waals surface area contributed by atoms with Crippen molar-refractivity contribution in [3.63, 3.8) is 0 Å². The van der Waals surface area contributed by atoms with Gasteiger partial charge in [0.05, 0.1) is 0 Å². The third-order valence-electron chi connectivity index (χ3n) is 5.99. The Bertz CT molecular complexity index is 641. The topological polar surface area (TPSA) is 23.5 Å². The molecule has 0 amide bonds. The number of aliphatic hydroxyl groups is 1. The van der Waals surface area contributed by atoms with Crippen molar-refractivity contribution < 1.29 is 5.11 Å². The SMILES string of the molecule is OC(CCN1CCC2CCC(C2)C1)(c1ccccc1)c1cccs1. The van der Waals surface area contributed by atoms with Crippen LogP contribution in [0.4, 0.5) is 0 Å². The van der Waals surface area contributed by atoms with E-state index in [0.717, 1.165) is 35.2 Å². The summed E-state index contributed by atoms with van der Waals surface area (Å²) in [5, 5.41) is 13.6. The van der Waals surface area contributed by atoms with Crippen molar-refractivity contribution in [2.75, 3.05) is 19.6 Å². The van der Waals surface area contributed by atoms with Crippen molar-refractivity contribution in [2.24, 2.45) is 11.8 Å². The molecule has 1 aromatic carbocycles. The highest BCUT2D eigenvalue weighted by Crippen LogP contribution is 2.38. The van der Waals surface area contributed by atoms with Gasteiger partial charge in [0, 0.05) is 18.0 Å². The van der Waals surface area contributed by atoms with Gasteiger partial charge in [0.2, 0.25) is 0 Å². The minimum atomic E-state index is -0.860. The van der Waals surface area contributed by atoms with Crippen LogP contribution >= 0.6 is 11.3 Å². The van der Waals surface area contributed by atoms with E-state index < -0.39 is 5.60 Å². The summed E-state index contributed by atoms with van der Waals surface area (Å²) in [7, 11) is 0. The Balaban J connectivity index is 1.50. The monoisotopic (exact) mass is 341 g/mol. The number of nitrogens with zero attached hydrogens (tertiary/aromatic N) is 1. The summed E-state index contributed by atoms with van der Waals surface area (Å²) in [6.45, 7) is 3.41. The van der Waals surface area contributed by atoms with Gasteiger partial charge >= 0.3 is 0 Å². The van der Waals surface area contributed by atoms with Crippen molar-refractivity contribution >= 4 is 11.3 Å². The van der Waals surface area contributed by atoms with Crippen LogP contribution in [0.1, 0.15) is 42.5 Å². The fraction of sp³-hybridized carbons (Fsp3) is 0.524. The smallest absolute Gasteiger partial charge is 0.125 e. The quantitative estimate of drug-likeness (QED) is 0.866. The van der Waals surface area contributed by atoms with Crippen LogP contribution in [0, 0.1) is 11.8 Å². The lowest BCUT2D eigenvalue weighted by atomic mass is 9.88. The van der Waals surface area contributed by atoms with Gasteiger partial charge in [-0.1, -0.05) is 42.8 Å². The summed E-state index contributed by atoms with van der Waals surface area (Å²) in [5.74, 6) is 1.86. The Morgan fingerprint density at radius 2 is 1.88 bits per heavy atom. The van der Waals surface area contributed by atoms with E-state index >= 15 is 0 Å². The van der Waals surface area contributed by atoms with Crippen molar-refractivity contribution in [3.05, 3.63) is 58.3 Å². The number of fused-ring (bicyclic) bond motifs is 2. The zero-order valence-corrected chi connectivity index (χ0v) is 15.0. The van der Waals surface area contributed by atoms with Crippen LogP contribution in [0.3, 0.4) is 0 Å². The van der Waals surface area contributed by atoms with E-state index in [-0.39, 0.29) is 0 Å². The van der Waals surface area contributed by atoms with Crippen molar-refractivity contribution in [3.8, 4) is 0 Å². The van der Waals surface area contributed by atoms with Crippen LogP contribution in [0.25, 0.3) is 0 Å². The normalized spacial score (nSPS) is 26.9. The number of thiophene rings is 1. The number of hydrogen-bond donors (Lipinski definition) is 1. The molecule has 1 saturated heterocycles. The van der Waals surface area contributed by atoms with E-state index in [9.17, 15) is 5.11 Å². The maximum Gasteiger partial charge on any atom is 0.125 e. The molecule has 1 aliphatic carbocycles. The Kier molecular flexibility index (Phi) is 4.75. The molecule has 3 unspecified atom stereocenters. The van der Waals surface area contributed by atoms with E-state index in [1.807, 2.05) is 24.3 Å². The minimum Gasteiger partial charge on any atom is -0.379 e. The second kappa shape index (κ2) is 6.99. The predicted molar refractivity (Wildman–Crippen MR) is 100 cm³/mol. The zero-order chi connectivity index (χ0) is 16.4. The predicted octanol–water partition coefficient (Wildman–Crippen LogP) is 4.50. The summed E-state index contributed by atoms with van der Waals surface area (Å²) in [4.78, 5) is 3.66. The molecular weight excluding hydrogens is 314 g/mol. The molecule has 1 N–H and O–H groups in total. The minimum absolute atomic E-state index is 0.773. The highest BCUT2D eigenvalue weighted by atomic mass is 32.1. The van der Waals surface area contributed by atoms with Crippen molar-refractivity contribution in [1.82, 2.24) is 4.90 Å². The standard InChI is InChI=1S/C21H27NOS/c23-21(20-7-4-14-24-20,19-5-2-1-3-6-19)11-13-22-12-10-17-8-9-18(15-17)16-22/h1-7,14,17-18,23H,8-13,15-16H2. The lowest BCUT2D eigenvalue weighted by molar-refractivity contribution is 0.0587. The molecule has 1 aliphatic heterocycles. The Labute approximate surface area is 149 Å². The molecule has 3 heteroatoms. The number of benzene rings is 1. The van der Waals surface area contributed by atoms with Crippen molar-refractivity contribution in [2.45, 2.75) is 37.7 Å². The number of likely N-dealkylation sites (tertiary alicyclic amines) is 1. The van der Waals surface area contributed by atoms with Crippen LogP contribution in [-0.2, 0) is 5.60 Å². The fourth-order valence-corrected chi connectivity index (χ4v) is 5.46. The number of rotatable bonds is 5. The molecule has 4 rings (SSSR count). The highest BCUT2D eigenvalue weighted by molar-refractivity contribution is 7.10. The Morgan fingerprint density at radius 1 is 1.04 bits per heavy atom. The summed E-state index contributed by atoms with van der Waals surface area (Å²) < 4.78 is 0. The lowest BCUT2D eigenvalue weighted by Gasteiger charge is -2.32. The molecule has 0 spiro atoms. The molecular formula is C21H27NOS. The van der Waals surface area contributed by atoms with Crippen molar-refractivity contribution in [1.29, 1.82) is 0 Å². The molecule has 1 aromatic heterocycles. The first-order chi connectivity index (χ1) is 11.7. The molecule has 2 aromatic rings. The zero-order valence-electron chi connectivity index (χ0n) is 14.2. The van der Waals surface area contributed by atoms with Gasteiger partial charge in [-0.3, -0.25) is 0 Å². The first kappa shape index (κ1) is 16.3. The molecule has 2 nitrogen and oxygen atoms in total. The second-order valence-electron chi connectivity index (χ2n) is 7.59. The highest BCUT2D eigenvalue weighted by Gasteiger charge is 2.35. The van der Waals surface area contributed by atoms with E-state index in [0.29, 0.717) is 0 Å². The molecule has 0 radical (unpaired) electrons. The second-order valence-corrected chi connectivity index (χ2v) is 8.54. The van der Waals surface area contributed by atoms with Gasteiger partial charge in [0.15, 0.2) is 0 Å². The van der Waals surface area contributed by atoms with Gasteiger partial charge in [-0.2, -0.15) is 0 Å². The van der Waals surface area contributed by atoms with E-state index in [1.165, 1.54) is 38.8 Å². The molecule has 2 heterocycles. The summed E-state index contributed by atoms with van der Waals surface area (Å²) in [6.07, 6.45) is 6.41. The molecule has 2 bridgehead atoms. The van der Waals surface area contributed by atoms with E-state index in [2.05, 4.69) is 28.5 Å². The lowest BCUT2D eigenvalue weighted by Crippen LogP contribution is -2.36. The van der Waals surface area contributed by atoms with Crippen LogP contribution in [-0.4, -0.2) is 29.6 Å². The third kappa shape index (κ3) is 3.30. The number of hydrogen-bond acceptors (Lipinski definition) is 3.